The summed E-state index contributed by atoms with van der Waals surface area (Å²) in [5, 5.41) is 0. The molecule has 1 aliphatic heterocycles. The molecule has 8 nitrogen and oxygen atoms in total. The smallest absolute Gasteiger partial charge is 0.289 e. The van der Waals surface area contributed by atoms with Crippen LogP contribution < -0.4 is 14.4 Å². The van der Waals surface area contributed by atoms with Gasteiger partial charge in [0.15, 0.2) is 17.3 Å². The molecule has 1 saturated heterocycles. The lowest BCUT2D eigenvalue weighted by molar-refractivity contribution is 0.0714. The average Bonchev–Trinajstić information content (AvgIpc) is 3.35. The number of benzene rings is 1. The second-order valence-electron chi connectivity index (χ2n) is 6.42. The summed E-state index contributed by atoms with van der Waals surface area (Å²) in [6, 6.07) is 7.24. The van der Waals surface area contributed by atoms with Crippen LogP contribution in [0, 0.1) is 0 Å². The van der Waals surface area contributed by atoms with Crippen LogP contribution in [-0.2, 0) is 7.05 Å². The minimum atomic E-state index is -0.0703. The lowest BCUT2D eigenvalue weighted by Crippen LogP contribution is -2.49. The molecule has 1 aromatic carbocycles. The summed E-state index contributed by atoms with van der Waals surface area (Å²) in [5.74, 6) is 2.51. The largest absolute Gasteiger partial charge is 0.493 e. The number of aromatic nitrogens is 2. The van der Waals surface area contributed by atoms with Crippen LogP contribution in [0.3, 0.4) is 0 Å². The highest BCUT2D eigenvalue weighted by Gasteiger charge is 2.26. The number of nitrogens with zero attached hydrogens (tertiary/aromatic N) is 4. The van der Waals surface area contributed by atoms with Crippen molar-refractivity contribution in [1.29, 1.82) is 0 Å². The summed E-state index contributed by atoms with van der Waals surface area (Å²) in [5.41, 5.74) is 1.82. The number of ether oxygens (including phenoxy) is 2. The lowest BCUT2D eigenvalue weighted by atomic mass is 10.2. The molecule has 1 fully saturated rings. The molecule has 1 amide bonds. The Morgan fingerprint density at radius 1 is 1.11 bits per heavy atom. The molecule has 0 spiro atoms. The monoisotopic (exact) mass is 370 g/mol. The number of imidazole rings is 1. The molecule has 2 aromatic heterocycles. The Labute approximate surface area is 156 Å². The van der Waals surface area contributed by atoms with E-state index in [1.807, 2.05) is 28.6 Å². The molecule has 0 aliphatic carbocycles. The zero-order valence-electron chi connectivity index (χ0n) is 15.6. The van der Waals surface area contributed by atoms with E-state index in [0.29, 0.717) is 43.4 Å². The number of fused-ring (bicyclic) bond motifs is 1. The van der Waals surface area contributed by atoms with Gasteiger partial charge in [-0.25, -0.2) is 4.98 Å². The van der Waals surface area contributed by atoms with E-state index in [1.165, 1.54) is 6.26 Å². The molecule has 0 N–H and O–H groups in total. The number of piperazine rings is 1. The van der Waals surface area contributed by atoms with Gasteiger partial charge in [0.05, 0.1) is 31.5 Å². The van der Waals surface area contributed by atoms with Gasteiger partial charge in [0.25, 0.3) is 5.91 Å². The van der Waals surface area contributed by atoms with E-state index >= 15 is 0 Å². The van der Waals surface area contributed by atoms with Gasteiger partial charge in [-0.15, -0.1) is 0 Å². The fourth-order valence-electron chi connectivity index (χ4n) is 3.45. The molecule has 142 valence electrons. The second-order valence-corrected chi connectivity index (χ2v) is 6.42. The Morgan fingerprint density at radius 2 is 1.81 bits per heavy atom. The SMILES string of the molecule is COc1cc2nc(N3CCN(C(=O)c4ccco4)CC3)n(C)c2cc1OC. The number of methoxy groups -OCH3 is 2. The molecule has 27 heavy (non-hydrogen) atoms. The standard InChI is InChI=1S/C19H22N4O4/c1-21-14-12-17(26-3)16(25-2)11-13(14)20-19(21)23-8-6-22(7-9-23)18(24)15-5-4-10-27-15/h4-5,10-12H,6-9H2,1-3H3. The van der Waals surface area contributed by atoms with Crippen molar-refractivity contribution >= 4 is 22.9 Å². The van der Waals surface area contributed by atoms with Gasteiger partial charge in [0.2, 0.25) is 5.95 Å². The van der Waals surface area contributed by atoms with Crippen molar-refractivity contribution in [2.75, 3.05) is 45.3 Å². The van der Waals surface area contributed by atoms with Crippen molar-refractivity contribution < 1.29 is 18.7 Å². The number of anilines is 1. The number of aryl methyl sites for hydroxylation is 1. The molecule has 8 heteroatoms. The van der Waals surface area contributed by atoms with Gasteiger partial charge < -0.3 is 28.3 Å². The topological polar surface area (TPSA) is 73.0 Å². The van der Waals surface area contributed by atoms with E-state index in [1.54, 1.807) is 26.4 Å². The van der Waals surface area contributed by atoms with Gasteiger partial charge in [0.1, 0.15) is 0 Å². The third-order valence-electron chi connectivity index (χ3n) is 4.94. The van der Waals surface area contributed by atoms with Crippen molar-refractivity contribution in [3.63, 3.8) is 0 Å². The van der Waals surface area contributed by atoms with Gasteiger partial charge in [-0.05, 0) is 12.1 Å². The van der Waals surface area contributed by atoms with Crippen LogP contribution in [0.1, 0.15) is 10.6 Å². The molecular formula is C19H22N4O4. The van der Waals surface area contributed by atoms with Gasteiger partial charge in [-0.1, -0.05) is 0 Å². The highest BCUT2D eigenvalue weighted by atomic mass is 16.5. The first-order valence-electron chi connectivity index (χ1n) is 8.78. The summed E-state index contributed by atoms with van der Waals surface area (Å²) in [4.78, 5) is 21.2. The number of hydrogen-bond donors (Lipinski definition) is 0. The molecule has 0 saturated carbocycles. The molecular weight excluding hydrogens is 348 g/mol. The summed E-state index contributed by atoms with van der Waals surface area (Å²) in [7, 11) is 5.22. The number of carbonyl (C=O) groups excluding carboxylic acids is 1. The Bertz CT molecular complexity index is 956. The fourth-order valence-corrected chi connectivity index (χ4v) is 3.45. The number of hydrogen-bond acceptors (Lipinski definition) is 6. The number of furan rings is 1. The summed E-state index contributed by atoms with van der Waals surface area (Å²) >= 11 is 0. The van der Waals surface area contributed by atoms with Gasteiger partial charge in [0, 0.05) is 45.4 Å². The first-order valence-corrected chi connectivity index (χ1v) is 8.78. The normalized spacial score (nSPS) is 14.6. The maximum Gasteiger partial charge on any atom is 0.289 e. The number of rotatable bonds is 4. The second kappa shape index (κ2) is 6.86. The first-order chi connectivity index (χ1) is 13.1. The molecule has 0 unspecified atom stereocenters. The maximum absolute atomic E-state index is 12.4. The summed E-state index contributed by atoms with van der Waals surface area (Å²) in [6.07, 6.45) is 1.52. The third kappa shape index (κ3) is 2.97. The van der Waals surface area contributed by atoms with Crippen molar-refractivity contribution in [2.45, 2.75) is 0 Å². The van der Waals surface area contributed by atoms with Crippen LogP contribution >= 0.6 is 0 Å². The minimum Gasteiger partial charge on any atom is -0.493 e. The fraction of sp³-hybridized carbons (Fsp3) is 0.368. The highest BCUT2D eigenvalue weighted by Crippen LogP contribution is 2.33. The molecule has 3 aromatic rings. The molecule has 1 aliphatic rings. The van der Waals surface area contributed by atoms with Crippen LogP contribution in [0.25, 0.3) is 11.0 Å². The number of amides is 1. The van der Waals surface area contributed by atoms with E-state index in [-0.39, 0.29) is 5.91 Å². The maximum atomic E-state index is 12.4. The van der Waals surface area contributed by atoms with Gasteiger partial charge >= 0.3 is 0 Å². The van der Waals surface area contributed by atoms with E-state index in [2.05, 4.69) is 4.90 Å². The third-order valence-corrected chi connectivity index (χ3v) is 4.94. The van der Waals surface area contributed by atoms with E-state index in [0.717, 1.165) is 17.0 Å². The summed E-state index contributed by atoms with van der Waals surface area (Å²) < 4.78 is 18.0. The zero-order valence-corrected chi connectivity index (χ0v) is 15.6. The van der Waals surface area contributed by atoms with Crippen molar-refractivity contribution in [3.8, 4) is 11.5 Å². The van der Waals surface area contributed by atoms with Crippen LogP contribution in [0.15, 0.2) is 34.9 Å². The van der Waals surface area contributed by atoms with E-state index in [4.69, 9.17) is 18.9 Å². The number of carbonyl (C=O) groups is 1. The van der Waals surface area contributed by atoms with Gasteiger partial charge in [-0.3, -0.25) is 4.79 Å². The molecule has 3 heterocycles. The Morgan fingerprint density at radius 3 is 2.44 bits per heavy atom. The van der Waals surface area contributed by atoms with Gasteiger partial charge in [-0.2, -0.15) is 0 Å². The molecule has 0 atom stereocenters. The quantitative estimate of drug-likeness (QED) is 0.701. The zero-order chi connectivity index (χ0) is 19.0. The predicted molar refractivity (Wildman–Crippen MR) is 101 cm³/mol. The van der Waals surface area contributed by atoms with Crippen molar-refractivity contribution in [1.82, 2.24) is 14.5 Å². The molecule has 0 bridgehead atoms. The van der Waals surface area contributed by atoms with E-state index in [9.17, 15) is 4.79 Å². The van der Waals surface area contributed by atoms with Crippen LogP contribution in [0.5, 0.6) is 11.5 Å². The molecule has 0 radical (unpaired) electrons. The highest BCUT2D eigenvalue weighted by molar-refractivity contribution is 5.91. The van der Waals surface area contributed by atoms with Crippen molar-refractivity contribution in [2.24, 2.45) is 7.05 Å². The molecule has 4 rings (SSSR count). The van der Waals surface area contributed by atoms with Crippen LogP contribution in [0.4, 0.5) is 5.95 Å². The lowest BCUT2D eigenvalue weighted by Gasteiger charge is -2.34. The first kappa shape index (κ1) is 17.3. The Balaban J connectivity index is 1.55. The van der Waals surface area contributed by atoms with Crippen LogP contribution in [0.2, 0.25) is 0 Å². The Kier molecular flexibility index (Phi) is 4.39. The van der Waals surface area contributed by atoms with Crippen molar-refractivity contribution in [3.05, 3.63) is 36.3 Å². The van der Waals surface area contributed by atoms with E-state index < -0.39 is 0 Å². The van der Waals surface area contributed by atoms with Crippen LogP contribution in [-0.4, -0.2) is 60.8 Å². The summed E-state index contributed by atoms with van der Waals surface area (Å²) in [6.45, 7) is 2.65. The average molecular weight is 370 g/mol. The predicted octanol–water partition coefficient (Wildman–Crippen LogP) is 2.15. The Hall–Kier alpha value is -3.16. The minimum absolute atomic E-state index is 0.0703.